The van der Waals surface area contributed by atoms with Gasteiger partial charge in [0.1, 0.15) is 0 Å². The first-order valence-corrected chi connectivity index (χ1v) is 6.05. The summed E-state index contributed by atoms with van der Waals surface area (Å²) in [6.45, 7) is 3.69. The lowest BCUT2D eigenvalue weighted by Crippen LogP contribution is -2.27. The number of rotatable bonds is 4. The van der Waals surface area contributed by atoms with E-state index in [0.717, 1.165) is 11.3 Å². The maximum atomic E-state index is 7.37. The van der Waals surface area contributed by atoms with Gasteiger partial charge in [0.05, 0.1) is 5.69 Å². The van der Waals surface area contributed by atoms with Crippen molar-refractivity contribution in [2.24, 2.45) is 5.10 Å². The topological polar surface area (TPSA) is 60.7 Å². The fraction of sp³-hybridized carbons (Fsp3) is 0.333. The highest BCUT2D eigenvalue weighted by atomic mass is 35.5. The fourth-order valence-corrected chi connectivity index (χ4v) is 1.74. The molecule has 0 atom stereocenters. The summed E-state index contributed by atoms with van der Waals surface area (Å²) in [5.41, 5.74) is 5.11. The summed E-state index contributed by atoms with van der Waals surface area (Å²) in [7, 11) is 0. The molecule has 1 aliphatic heterocycles. The Labute approximate surface area is 123 Å². The van der Waals surface area contributed by atoms with E-state index in [1.54, 1.807) is 12.0 Å². The molecule has 0 fully saturated rings. The molecule has 0 spiro atoms. The molecule has 2 rings (SSSR count). The molecule has 19 heavy (non-hydrogen) atoms. The van der Waals surface area contributed by atoms with Gasteiger partial charge >= 0.3 is 0 Å². The maximum Gasteiger partial charge on any atom is 0.235 e. The lowest BCUT2D eigenvalue weighted by molar-refractivity contribution is 0.197. The molecule has 0 bridgehead atoms. The van der Waals surface area contributed by atoms with Crippen molar-refractivity contribution in [3.8, 4) is 0 Å². The van der Waals surface area contributed by atoms with Crippen LogP contribution in [0.3, 0.4) is 0 Å². The van der Waals surface area contributed by atoms with Gasteiger partial charge in [-0.2, -0.15) is 5.12 Å². The molecule has 104 valence electrons. The average Bonchev–Trinajstić information content (AvgIpc) is 2.78. The largest absolute Gasteiger partial charge is 0.370 e. The number of hydrogen-bond acceptors (Lipinski definition) is 5. The zero-order valence-electron chi connectivity index (χ0n) is 10.7. The highest BCUT2D eigenvalue weighted by Gasteiger charge is 2.19. The van der Waals surface area contributed by atoms with Crippen molar-refractivity contribution in [1.82, 2.24) is 5.59 Å². The smallest absolute Gasteiger partial charge is 0.235 e. The number of hydrogen-bond donors (Lipinski definition) is 2. The molecule has 0 saturated heterocycles. The molecule has 1 aromatic rings. The Kier molecular flexibility index (Phi) is 5.60. The lowest BCUT2D eigenvalue weighted by atomic mass is 10.2. The van der Waals surface area contributed by atoms with Crippen LogP contribution >= 0.6 is 24.0 Å². The molecule has 0 saturated carbocycles. The molecule has 0 unspecified atom stereocenters. The standard InChI is InChI=1S/C12H15ClN4O.ClH/c1-8(14)6-7-12-15-17(16-18-12)11-5-3-4-10(13)9(11)2;/h3-5,14,16H,6-7H2,1-2H3;1H. The van der Waals surface area contributed by atoms with E-state index in [2.05, 4.69) is 10.7 Å². The predicted molar refractivity (Wildman–Crippen MR) is 80.2 cm³/mol. The van der Waals surface area contributed by atoms with Crippen LogP contribution in [0.4, 0.5) is 5.69 Å². The Balaban J connectivity index is 0.00000180. The molecular formula is C12H16Cl2N4O. The highest BCUT2D eigenvalue weighted by Crippen LogP contribution is 2.27. The van der Waals surface area contributed by atoms with Gasteiger partial charge in [-0.15, -0.1) is 17.5 Å². The van der Waals surface area contributed by atoms with Crippen LogP contribution in [0.1, 0.15) is 25.3 Å². The first-order valence-electron chi connectivity index (χ1n) is 5.67. The number of nitrogens with zero attached hydrogens (tertiary/aromatic N) is 2. The molecule has 0 aromatic heterocycles. The van der Waals surface area contributed by atoms with Gasteiger partial charge in [0.15, 0.2) is 0 Å². The predicted octanol–water partition coefficient (Wildman–Crippen LogP) is 3.46. The zero-order valence-corrected chi connectivity index (χ0v) is 12.3. The highest BCUT2D eigenvalue weighted by molar-refractivity contribution is 6.31. The van der Waals surface area contributed by atoms with Gasteiger partial charge < -0.3 is 10.2 Å². The van der Waals surface area contributed by atoms with Crippen molar-refractivity contribution >= 4 is 41.3 Å². The zero-order chi connectivity index (χ0) is 13.1. The van der Waals surface area contributed by atoms with Gasteiger partial charge in [-0.1, -0.05) is 17.7 Å². The third-order valence-electron chi connectivity index (χ3n) is 2.64. The molecule has 1 aromatic carbocycles. The van der Waals surface area contributed by atoms with Crippen LogP contribution in [0.15, 0.2) is 23.3 Å². The van der Waals surface area contributed by atoms with Crippen LogP contribution < -0.4 is 10.7 Å². The maximum absolute atomic E-state index is 7.37. The van der Waals surface area contributed by atoms with Gasteiger partial charge in [-0.25, -0.2) is 0 Å². The monoisotopic (exact) mass is 302 g/mol. The van der Waals surface area contributed by atoms with Crippen LogP contribution in [0.25, 0.3) is 0 Å². The van der Waals surface area contributed by atoms with Crippen LogP contribution in [-0.4, -0.2) is 11.6 Å². The van der Waals surface area contributed by atoms with Crippen LogP contribution in [-0.2, 0) is 4.84 Å². The SMILES string of the molecule is CC(=N)CCC1=NN(c2cccc(Cl)c2C)NO1.Cl. The van der Waals surface area contributed by atoms with Crippen molar-refractivity contribution in [3.05, 3.63) is 28.8 Å². The summed E-state index contributed by atoms with van der Waals surface area (Å²) >= 11 is 6.06. The molecule has 5 nitrogen and oxygen atoms in total. The van der Waals surface area contributed by atoms with E-state index in [1.165, 1.54) is 0 Å². The van der Waals surface area contributed by atoms with E-state index in [0.29, 0.717) is 29.5 Å². The molecule has 2 N–H and O–H groups in total. The van der Waals surface area contributed by atoms with E-state index in [9.17, 15) is 0 Å². The third kappa shape index (κ3) is 3.83. The van der Waals surface area contributed by atoms with E-state index < -0.39 is 0 Å². The summed E-state index contributed by atoms with van der Waals surface area (Å²) in [5.74, 6) is 0.570. The number of hydrazine groups is 1. The van der Waals surface area contributed by atoms with E-state index in [1.807, 2.05) is 25.1 Å². The number of nitrogens with one attached hydrogen (secondary N) is 2. The number of halogens is 2. The van der Waals surface area contributed by atoms with E-state index >= 15 is 0 Å². The average molecular weight is 303 g/mol. The van der Waals surface area contributed by atoms with Crippen LogP contribution in [0, 0.1) is 12.3 Å². The Morgan fingerprint density at radius 2 is 2.26 bits per heavy atom. The van der Waals surface area contributed by atoms with Crippen LogP contribution in [0.5, 0.6) is 0 Å². The summed E-state index contributed by atoms with van der Waals surface area (Å²) in [5, 5.41) is 13.9. The Morgan fingerprint density at radius 1 is 1.53 bits per heavy atom. The summed E-state index contributed by atoms with van der Waals surface area (Å²) < 4.78 is 0. The molecule has 0 radical (unpaired) electrons. The molecule has 1 heterocycles. The molecule has 0 aliphatic carbocycles. The summed E-state index contributed by atoms with van der Waals surface area (Å²) in [6.07, 6.45) is 1.25. The van der Waals surface area contributed by atoms with E-state index in [-0.39, 0.29) is 12.4 Å². The molecule has 1 aliphatic rings. The number of hydrazone groups is 1. The molecular weight excluding hydrogens is 287 g/mol. The molecule has 7 heteroatoms. The first kappa shape index (κ1) is 15.8. The van der Waals surface area contributed by atoms with E-state index in [4.69, 9.17) is 21.8 Å². The van der Waals surface area contributed by atoms with Crippen molar-refractivity contribution in [3.63, 3.8) is 0 Å². The van der Waals surface area contributed by atoms with Crippen molar-refractivity contribution in [2.75, 3.05) is 5.12 Å². The van der Waals surface area contributed by atoms with Gasteiger partial charge in [-0.05, 0) is 43.6 Å². The van der Waals surface area contributed by atoms with Gasteiger partial charge in [0.2, 0.25) is 5.90 Å². The minimum absolute atomic E-state index is 0. The second kappa shape index (κ2) is 6.75. The lowest BCUT2D eigenvalue weighted by Gasteiger charge is -2.14. The number of benzene rings is 1. The van der Waals surface area contributed by atoms with Crippen molar-refractivity contribution in [2.45, 2.75) is 26.7 Å². The first-order chi connectivity index (χ1) is 8.58. The summed E-state index contributed by atoms with van der Waals surface area (Å²) in [4.78, 5) is 5.25. The van der Waals surface area contributed by atoms with Gasteiger partial charge in [0.25, 0.3) is 0 Å². The Morgan fingerprint density at radius 3 is 2.95 bits per heavy atom. The normalized spacial score (nSPS) is 13.6. The minimum Gasteiger partial charge on any atom is -0.370 e. The van der Waals surface area contributed by atoms with Gasteiger partial charge in [0, 0.05) is 17.2 Å². The Hall–Kier alpha value is -1.30. The second-order valence-corrected chi connectivity index (χ2v) is 4.57. The van der Waals surface area contributed by atoms with Crippen molar-refractivity contribution in [1.29, 1.82) is 5.41 Å². The number of anilines is 1. The van der Waals surface area contributed by atoms with Crippen LogP contribution in [0.2, 0.25) is 5.02 Å². The summed E-state index contributed by atoms with van der Waals surface area (Å²) in [6, 6.07) is 5.60. The fourth-order valence-electron chi connectivity index (χ4n) is 1.57. The molecule has 0 amide bonds. The van der Waals surface area contributed by atoms with Gasteiger partial charge in [-0.3, -0.25) is 0 Å². The second-order valence-electron chi connectivity index (χ2n) is 4.16. The van der Waals surface area contributed by atoms with Crippen molar-refractivity contribution < 1.29 is 4.84 Å². The third-order valence-corrected chi connectivity index (χ3v) is 3.05. The minimum atomic E-state index is 0. The quantitative estimate of drug-likeness (QED) is 0.837. The Bertz CT molecular complexity index is 505.